The number of hydrogen-bond donors (Lipinski definition) is 0. The molecule has 2 nitrogen and oxygen atoms in total. The second kappa shape index (κ2) is 12.0. The summed E-state index contributed by atoms with van der Waals surface area (Å²) in [4.78, 5) is 0. The number of rotatable bonds is 6. The molecule has 0 aliphatic rings. The maximum absolute atomic E-state index is 5.97. The van der Waals surface area contributed by atoms with Crippen LogP contribution in [0, 0.1) is 22.9 Å². The van der Waals surface area contributed by atoms with E-state index in [2.05, 4.69) is 142 Å². The maximum atomic E-state index is 5.97. The van der Waals surface area contributed by atoms with Crippen molar-refractivity contribution in [3.63, 3.8) is 0 Å². The van der Waals surface area contributed by atoms with Gasteiger partial charge in [0.1, 0.15) is 27.3 Å². The van der Waals surface area contributed by atoms with Crippen LogP contribution in [0.2, 0.25) is 33.2 Å². The third kappa shape index (κ3) is 5.05. The Labute approximate surface area is 267 Å². The molecule has 0 atom stereocenters. The van der Waals surface area contributed by atoms with E-state index in [0.717, 1.165) is 54.6 Å². The molecule has 0 N–H and O–H groups in total. The van der Waals surface area contributed by atoms with Crippen LogP contribution in [0.25, 0.3) is 43.5 Å². The average Bonchev–Trinajstić information content (AvgIpc) is 3.59. The van der Waals surface area contributed by atoms with E-state index in [4.69, 9.17) is 8.83 Å². The number of benzene rings is 3. The van der Waals surface area contributed by atoms with Gasteiger partial charge in [-0.05, 0) is 69.6 Å². The van der Waals surface area contributed by atoms with Gasteiger partial charge in [0.2, 0.25) is 0 Å². The van der Waals surface area contributed by atoms with E-state index in [0.29, 0.717) is 33.2 Å². The van der Waals surface area contributed by atoms with Gasteiger partial charge in [-0.25, -0.2) is 0 Å². The zero-order valence-electron chi connectivity index (χ0n) is 28.9. The third-order valence-corrected chi connectivity index (χ3v) is 23.4. The van der Waals surface area contributed by atoms with Gasteiger partial charge in [0.25, 0.3) is 0 Å². The highest BCUT2D eigenvalue weighted by atomic mass is 28.3. The normalized spacial score (nSPS) is 13.0. The minimum atomic E-state index is -1.99. The number of hydrogen-bond acceptors (Lipinski definition) is 2. The molecule has 230 valence electrons. The molecule has 44 heavy (non-hydrogen) atoms. The Balaban J connectivity index is 1.98. The summed E-state index contributed by atoms with van der Waals surface area (Å²) in [6.07, 6.45) is 3.57. The summed E-state index contributed by atoms with van der Waals surface area (Å²) < 4.78 is 11.9. The lowest BCUT2D eigenvalue weighted by Gasteiger charge is -2.38. The fourth-order valence-corrected chi connectivity index (χ4v) is 19.0. The first-order chi connectivity index (χ1) is 20.7. The van der Waals surface area contributed by atoms with E-state index >= 15 is 0 Å². The van der Waals surface area contributed by atoms with Gasteiger partial charge in [0.15, 0.2) is 0 Å². The van der Waals surface area contributed by atoms with Gasteiger partial charge >= 0.3 is 0 Å². The van der Waals surface area contributed by atoms with Crippen LogP contribution in [0.1, 0.15) is 94.2 Å². The van der Waals surface area contributed by atoms with E-state index in [1.165, 1.54) is 0 Å². The van der Waals surface area contributed by atoms with Crippen LogP contribution in [-0.2, 0) is 0 Å². The van der Waals surface area contributed by atoms with Crippen molar-refractivity contribution in [1.29, 1.82) is 0 Å². The Morgan fingerprint density at radius 3 is 1.05 bits per heavy atom. The van der Waals surface area contributed by atoms with Crippen molar-refractivity contribution in [1.82, 2.24) is 0 Å². The van der Waals surface area contributed by atoms with Crippen LogP contribution in [0.15, 0.2) is 57.8 Å². The fourth-order valence-electron chi connectivity index (χ4n) is 8.61. The Morgan fingerprint density at radius 2 is 0.750 bits per heavy atom. The molecule has 0 spiro atoms. The van der Waals surface area contributed by atoms with Crippen molar-refractivity contribution >= 4 is 59.6 Å². The minimum Gasteiger partial charge on any atom is -0.464 e. The molecule has 0 saturated heterocycles. The van der Waals surface area contributed by atoms with Crippen molar-refractivity contribution in [3.8, 4) is 22.9 Å². The summed E-state index contributed by atoms with van der Waals surface area (Å²) >= 11 is 0. The van der Waals surface area contributed by atoms with E-state index in [1.54, 1.807) is 12.5 Å². The quantitative estimate of drug-likeness (QED) is 0.107. The second-order valence-electron chi connectivity index (χ2n) is 14.8. The van der Waals surface area contributed by atoms with Crippen LogP contribution in [0.4, 0.5) is 0 Å². The molecule has 5 rings (SSSR count). The lowest BCUT2D eigenvalue weighted by Crippen LogP contribution is -2.43. The van der Waals surface area contributed by atoms with Crippen molar-refractivity contribution in [3.05, 3.63) is 60.1 Å². The van der Waals surface area contributed by atoms with Gasteiger partial charge in [0.05, 0.1) is 12.5 Å². The molecule has 0 amide bonds. The Kier molecular flexibility index (Phi) is 8.76. The molecule has 3 aromatic carbocycles. The molecule has 2 heterocycles. The van der Waals surface area contributed by atoms with E-state index in [-0.39, 0.29) is 0 Å². The molecule has 0 fully saturated rings. The summed E-state index contributed by atoms with van der Waals surface area (Å²) in [5, 5.41) is 6.75. The monoisotopic (exact) mass is 618 g/mol. The van der Waals surface area contributed by atoms with E-state index in [1.807, 2.05) is 0 Å². The lowest BCUT2D eigenvalue weighted by molar-refractivity contribution is 0.616. The number of furan rings is 2. The van der Waals surface area contributed by atoms with Gasteiger partial charge < -0.3 is 8.83 Å². The molecular formula is C40H50O2Si2. The Bertz CT molecular complexity index is 1690. The molecular weight excluding hydrogens is 569 g/mol. The highest BCUT2D eigenvalue weighted by molar-refractivity contribution is 6.91. The molecule has 2 aromatic heterocycles. The predicted molar refractivity (Wildman–Crippen MR) is 197 cm³/mol. The second-order valence-corrected chi connectivity index (χ2v) is 25.9. The first kappa shape index (κ1) is 32.2. The first-order valence-electron chi connectivity index (χ1n) is 16.6. The zero-order chi connectivity index (χ0) is 32.1. The van der Waals surface area contributed by atoms with Gasteiger partial charge in [-0.1, -0.05) is 94.9 Å². The maximum Gasteiger partial charge on any atom is 0.146 e. The lowest BCUT2D eigenvalue weighted by atomic mass is 9.91. The van der Waals surface area contributed by atoms with Crippen LogP contribution < -0.4 is 0 Å². The van der Waals surface area contributed by atoms with Crippen LogP contribution in [0.5, 0.6) is 0 Å². The van der Waals surface area contributed by atoms with Crippen molar-refractivity contribution < 1.29 is 8.83 Å². The van der Waals surface area contributed by atoms with Crippen LogP contribution in [0.3, 0.4) is 0 Å². The third-order valence-electron chi connectivity index (χ3n) is 10.8. The minimum absolute atomic E-state index is 0.549. The molecule has 0 saturated carbocycles. The average molecular weight is 619 g/mol. The van der Waals surface area contributed by atoms with Gasteiger partial charge in [-0.2, -0.15) is 0 Å². The number of fused-ring (bicyclic) bond motifs is 4. The molecule has 0 bridgehead atoms. The molecule has 0 aliphatic carbocycles. The van der Waals surface area contributed by atoms with E-state index < -0.39 is 16.1 Å². The van der Waals surface area contributed by atoms with Gasteiger partial charge in [0, 0.05) is 43.4 Å². The summed E-state index contributed by atoms with van der Waals surface area (Å²) in [7, 11) is -3.97. The van der Waals surface area contributed by atoms with Crippen molar-refractivity contribution in [2.45, 2.75) is 116 Å². The molecule has 5 aromatic rings. The van der Waals surface area contributed by atoms with Crippen LogP contribution in [-0.4, -0.2) is 16.1 Å². The zero-order valence-corrected chi connectivity index (χ0v) is 30.9. The van der Waals surface area contributed by atoms with Gasteiger partial charge in [-0.15, -0.1) is 11.1 Å². The highest BCUT2D eigenvalue weighted by Crippen LogP contribution is 2.43. The molecule has 0 unspecified atom stereocenters. The van der Waals surface area contributed by atoms with Gasteiger partial charge in [-0.3, -0.25) is 0 Å². The molecule has 0 radical (unpaired) electrons. The van der Waals surface area contributed by atoms with Crippen molar-refractivity contribution in [2.24, 2.45) is 0 Å². The first-order valence-corrected chi connectivity index (χ1v) is 21.1. The Hall–Kier alpha value is -3.19. The standard InChI is InChI=1S/C40H50O2Si2/c1-25(2)43(26(3)4,27(5)6)19-15-33-35-21-31-13-17-41-39(31)23-37(35)34(16-20-44(28(7)8,29(9)10)30(11)12)38-24-40-32(14-18-42-40)22-36(33)38/h13-14,17-18,21-30H,1-12H3. The fraction of sp³-hybridized carbons (Fsp3) is 0.450. The molecule has 0 aliphatic heterocycles. The summed E-state index contributed by atoms with van der Waals surface area (Å²) in [5.41, 5.74) is 15.3. The van der Waals surface area contributed by atoms with E-state index in [9.17, 15) is 0 Å². The molecule has 4 heteroatoms. The van der Waals surface area contributed by atoms with Crippen molar-refractivity contribution in [2.75, 3.05) is 0 Å². The smallest absolute Gasteiger partial charge is 0.146 e. The highest BCUT2D eigenvalue weighted by Gasteiger charge is 2.43. The summed E-state index contributed by atoms with van der Waals surface area (Å²) in [6, 6.07) is 13.1. The largest absolute Gasteiger partial charge is 0.464 e. The Morgan fingerprint density at radius 1 is 0.455 bits per heavy atom. The topological polar surface area (TPSA) is 26.3 Å². The predicted octanol–water partition coefficient (Wildman–Crippen LogP) is 12.6. The SMILES string of the molecule is CC(C)[Si](C#Cc1c2cc3ccoc3cc2c(C#C[Si](C(C)C)(C(C)C)C(C)C)c2cc3occc3cc12)(C(C)C)C(C)C. The summed E-state index contributed by atoms with van der Waals surface area (Å²) in [5.74, 6) is 7.77. The summed E-state index contributed by atoms with van der Waals surface area (Å²) in [6.45, 7) is 28.6. The van der Waals surface area contributed by atoms with Crippen LogP contribution >= 0.6 is 0 Å².